The number of halogens is 3. The van der Waals surface area contributed by atoms with Crippen LogP contribution in [0.5, 0.6) is 0 Å². The van der Waals surface area contributed by atoms with Crippen molar-refractivity contribution < 1.29 is 14.0 Å². The van der Waals surface area contributed by atoms with E-state index in [1.165, 1.54) is 24.5 Å². The van der Waals surface area contributed by atoms with Crippen LogP contribution in [0.25, 0.3) is 0 Å². The number of carbonyl (C=O) groups excluding carboxylic acids is 2. The van der Waals surface area contributed by atoms with Crippen LogP contribution in [0.1, 0.15) is 45.1 Å². The molecule has 30 heavy (non-hydrogen) atoms. The standard InChI is InChI=1S/C21H17Cl2FN4O2/c1-12(16-7-4-14(22)10-17(16)23)28-21(30)19-18(25-8-9-26-19)20(29)27-11-13-2-5-15(24)6-3-13/h2-10,12H,11H2,1H3,(H,27,29)(H,28,30)/t12-/m0/s1. The SMILES string of the molecule is C[C@H](NC(=O)c1nccnc1C(=O)NCc1ccc(F)cc1)c1ccc(Cl)cc1Cl. The van der Waals surface area contributed by atoms with Crippen LogP contribution in [0.15, 0.2) is 54.9 Å². The second-order valence-corrected chi connectivity index (χ2v) is 7.27. The van der Waals surface area contributed by atoms with E-state index in [4.69, 9.17) is 23.2 Å². The molecule has 0 fully saturated rings. The predicted molar refractivity (Wildman–Crippen MR) is 112 cm³/mol. The van der Waals surface area contributed by atoms with Crippen molar-refractivity contribution in [3.63, 3.8) is 0 Å². The summed E-state index contributed by atoms with van der Waals surface area (Å²) >= 11 is 12.1. The molecule has 9 heteroatoms. The summed E-state index contributed by atoms with van der Waals surface area (Å²) in [5.41, 5.74) is 1.13. The highest BCUT2D eigenvalue weighted by Gasteiger charge is 2.22. The van der Waals surface area contributed by atoms with Crippen LogP contribution >= 0.6 is 23.2 Å². The molecule has 1 heterocycles. The van der Waals surface area contributed by atoms with E-state index >= 15 is 0 Å². The first-order chi connectivity index (χ1) is 14.3. The highest BCUT2D eigenvalue weighted by molar-refractivity contribution is 6.35. The number of benzene rings is 2. The zero-order valence-corrected chi connectivity index (χ0v) is 17.3. The summed E-state index contributed by atoms with van der Waals surface area (Å²) in [5, 5.41) is 6.30. The minimum atomic E-state index is -0.575. The Balaban J connectivity index is 1.72. The van der Waals surface area contributed by atoms with Gasteiger partial charge in [-0.2, -0.15) is 0 Å². The Morgan fingerprint density at radius 3 is 2.27 bits per heavy atom. The lowest BCUT2D eigenvalue weighted by Crippen LogP contribution is -2.32. The van der Waals surface area contributed by atoms with E-state index in [1.54, 1.807) is 37.3 Å². The topological polar surface area (TPSA) is 84.0 Å². The molecule has 0 radical (unpaired) electrons. The Bertz CT molecular complexity index is 1080. The monoisotopic (exact) mass is 446 g/mol. The number of rotatable bonds is 6. The maximum Gasteiger partial charge on any atom is 0.272 e. The molecule has 2 aromatic carbocycles. The quantitative estimate of drug-likeness (QED) is 0.589. The summed E-state index contributed by atoms with van der Waals surface area (Å²) in [6.45, 7) is 1.89. The Hall–Kier alpha value is -3.03. The van der Waals surface area contributed by atoms with Crippen LogP contribution in [0.4, 0.5) is 4.39 Å². The third-order valence-electron chi connectivity index (χ3n) is 4.27. The number of hydrogen-bond acceptors (Lipinski definition) is 4. The second-order valence-electron chi connectivity index (χ2n) is 6.42. The van der Waals surface area contributed by atoms with Crippen LogP contribution < -0.4 is 10.6 Å². The predicted octanol–water partition coefficient (Wildman–Crippen LogP) is 4.34. The van der Waals surface area contributed by atoms with Crippen molar-refractivity contribution in [3.05, 3.63) is 93.2 Å². The third-order valence-corrected chi connectivity index (χ3v) is 4.83. The van der Waals surface area contributed by atoms with Gasteiger partial charge in [0, 0.05) is 29.0 Å². The van der Waals surface area contributed by atoms with Gasteiger partial charge >= 0.3 is 0 Å². The highest BCUT2D eigenvalue weighted by atomic mass is 35.5. The van der Waals surface area contributed by atoms with E-state index in [0.29, 0.717) is 21.2 Å². The lowest BCUT2D eigenvalue weighted by atomic mass is 10.1. The summed E-state index contributed by atoms with van der Waals surface area (Å²) in [6, 6.07) is 10.2. The number of aromatic nitrogens is 2. The number of nitrogens with zero attached hydrogens (tertiary/aromatic N) is 2. The van der Waals surface area contributed by atoms with Crippen LogP contribution in [0.3, 0.4) is 0 Å². The molecule has 1 atom stereocenters. The fourth-order valence-electron chi connectivity index (χ4n) is 2.73. The molecule has 154 valence electrons. The van der Waals surface area contributed by atoms with Crippen LogP contribution in [-0.2, 0) is 6.54 Å². The third kappa shape index (κ3) is 5.31. The van der Waals surface area contributed by atoms with Crippen molar-refractivity contribution in [2.45, 2.75) is 19.5 Å². The van der Waals surface area contributed by atoms with E-state index in [0.717, 1.165) is 0 Å². The molecular weight excluding hydrogens is 430 g/mol. The maximum atomic E-state index is 13.0. The van der Waals surface area contributed by atoms with Gasteiger partial charge in [0.05, 0.1) is 6.04 Å². The summed E-state index contributed by atoms with van der Waals surface area (Å²) in [6.07, 6.45) is 2.65. The molecule has 0 unspecified atom stereocenters. The highest BCUT2D eigenvalue weighted by Crippen LogP contribution is 2.26. The molecule has 3 aromatic rings. The van der Waals surface area contributed by atoms with Gasteiger partial charge in [-0.15, -0.1) is 0 Å². The first-order valence-electron chi connectivity index (χ1n) is 8.94. The van der Waals surface area contributed by atoms with Crippen molar-refractivity contribution in [3.8, 4) is 0 Å². The lowest BCUT2D eigenvalue weighted by molar-refractivity contribution is 0.0902. The minimum absolute atomic E-state index is 0.119. The van der Waals surface area contributed by atoms with E-state index < -0.39 is 17.9 Å². The number of nitrogens with one attached hydrogen (secondary N) is 2. The Labute approximate surface area is 182 Å². The first kappa shape index (κ1) is 21.7. The smallest absolute Gasteiger partial charge is 0.272 e. The maximum absolute atomic E-state index is 13.0. The molecule has 3 rings (SSSR count). The Kier molecular flexibility index (Phi) is 6.97. The molecule has 2 amide bonds. The Morgan fingerprint density at radius 1 is 1.00 bits per heavy atom. The summed E-state index contributed by atoms with van der Waals surface area (Å²) in [7, 11) is 0. The fourth-order valence-corrected chi connectivity index (χ4v) is 3.31. The average Bonchev–Trinajstić information content (AvgIpc) is 2.73. The van der Waals surface area contributed by atoms with Gasteiger partial charge in [0.2, 0.25) is 0 Å². The van der Waals surface area contributed by atoms with E-state index in [2.05, 4.69) is 20.6 Å². The summed E-state index contributed by atoms with van der Waals surface area (Å²) in [5.74, 6) is -1.52. The van der Waals surface area contributed by atoms with Crippen LogP contribution in [-0.4, -0.2) is 21.8 Å². The molecular formula is C21H17Cl2FN4O2. The van der Waals surface area contributed by atoms with Crippen molar-refractivity contribution >= 4 is 35.0 Å². The molecule has 0 bridgehead atoms. The van der Waals surface area contributed by atoms with Gasteiger partial charge in [0.1, 0.15) is 5.82 Å². The van der Waals surface area contributed by atoms with Crippen LogP contribution in [0.2, 0.25) is 10.0 Å². The van der Waals surface area contributed by atoms with Gasteiger partial charge < -0.3 is 10.6 Å². The van der Waals surface area contributed by atoms with Crippen LogP contribution in [0, 0.1) is 5.82 Å². The molecule has 1 aromatic heterocycles. The van der Waals surface area contributed by atoms with Gasteiger partial charge in [-0.25, -0.2) is 14.4 Å². The lowest BCUT2D eigenvalue weighted by Gasteiger charge is -2.16. The largest absolute Gasteiger partial charge is 0.347 e. The molecule has 0 aliphatic heterocycles. The summed E-state index contributed by atoms with van der Waals surface area (Å²) < 4.78 is 13.0. The van der Waals surface area contributed by atoms with E-state index in [9.17, 15) is 14.0 Å². The number of carbonyl (C=O) groups is 2. The van der Waals surface area contributed by atoms with E-state index in [-0.39, 0.29) is 23.7 Å². The summed E-state index contributed by atoms with van der Waals surface area (Å²) in [4.78, 5) is 33.3. The normalized spacial score (nSPS) is 11.6. The number of amides is 2. The molecule has 2 N–H and O–H groups in total. The van der Waals surface area contributed by atoms with Gasteiger partial charge in [-0.1, -0.05) is 41.4 Å². The average molecular weight is 447 g/mol. The fraction of sp³-hybridized carbons (Fsp3) is 0.143. The number of hydrogen-bond donors (Lipinski definition) is 2. The van der Waals surface area contributed by atoms with Crippen molar-refractivity contribution in [2.75, 3.05) is 0 Å². The molecule has 0 saturated heterocycles. The Morgan fingerprint density at radius 2 is 1.63 bits per heavy atom. The van der Waals surface area contributed by atoms with Crippen molar-refractivity contribution in [1.82, 2.24) is 20.6 Å². The molecule has 0 spiro atoms. The van der Waals surface area contributed by atoms with Gasteiger partial charge in [0.15, 0.2) is 11.4 Å². The van der Waals surface area contributed by atoms with Gasteiger partial charge in [0.25, 0.3) is 11.8 Å². The minimum Gasteiger partial charge on any atom is -0.347 e. The van der Waals surface area contributed by atoms with Gasteiger partial charge in [-0.3, -0.25) is 9.59 Å². The van der Waals surface area contributed by atoms with Crippen molar-refractivity contribution in [1.29, 1.82) is 0 Å². The van der Waals surface area contributed by atoms with Crippen molar-refractivity contribution in [2.24, 2.45) is 0 Å². The first-order valence-corrected chi connectivity index (χ1v) is 9.70. The molecule has 0 aliphatic rings. The zero-order chi connectivity index (χ0) is 21.7. The van der Waals surface area contributed by atoms with E-state index in [1.807, 2.05) is 0 Å². The molecule has 0 saturated carbocycles. The molecule has 6 nitrogen and oxygen atoms in total. The molecule has 0 aliphatic carbocycles. The second kappa shape index (κ2) is 9.65. The zero-order valence-electron chi connectivity index (χ0n) is 15.8. The van der Waals surface area contributed by atoms with Gasteiger partial charge in [-0.05, 0) is 42.3 Å².